The van der Waals surface area contributed by atoms with Crippen molar-refractivity contribution in [1.29, 1.82) is 0 Å². The average Bonchev–Trinajstić information content (AvgIpc) is 2.71. The van der Waals surface area contributed by atoms with Crippen molar-refractivity contribution in [3.05, 3.63) is 65.7 Å². The molecule has 1 atom stereocenters. The van der Waals surface area contributed by atoms with Crippen LogP contribution in [0.2, 0.25) is 0 Å². The van der Waals surface area contributed by atoms with E-state index >= 15 is 0 Å². The quantitative estimate of drug-likeness (QED) is 0.574. The van der Waals surface area contributed by atoms with Crippen LogP contribution in [-0.2, 0) is 24.3 Å². The van der Waals surface area contributed by atoms with E-state index < -0.39 is 40.6 Å². The maximum Gasteiger partial charge on any atom is 0.322 e. The van der Waals surface area contributed by atoms with Gasteiger partial charge in [0.05, 0.1) is 4.90 Å². The first-order chi connectivity index (χ1) is 13.7. The second-order valence-corrected chi connectivity index (χ2v) is 7.75. The first-order valence-corrected chi connectivity index (χ1v) is 10.0. The molecule has 0 radical (unpaired) electrons. The Morgan fingerprint density at radius 3 is 2.21 bits per heavy atom. The third-order valence-electron chi connectivity index (χ3n) is 3.79. The Morgan fingerprint density at radius 1 is 1.00 bits per heavy atom. The number of aryl methyl sites for hydroxylation is 1. The minimum atomic E-state index is -3.93. The molecule has 0 aliphatic carbocycles. The number of amides is 3. The number of rotatable bonds is 7. The number of carbonyl (C=O) groups is 3. The lowest BCUT2D eigenvalue weighted by molar-refractivity contribution is -0.155. The molecular formula is C19H21N3O6S. The van der Waals surface area contributed by atoms with E-state index in [0.29, 0.717) is 5.56 Å². The van der Waals surface area contributed by atoms with Crippen molar-refractivity contribution >= 4 is 27.9 Å². The van der Waals surface area contributed by atoms with Gasteiger partial charge in [-0.25, -0.2) is 13.2 Å². The van der Waals surface area contributed by atoms with E-state index in [-0.39, 0.29) is 4.90 Å². The van der Waals surface area contributed by atoms with Crippen molar-refractivity contribution in [2.75, 3.05) is 13.6 Å². The topological polar surface area (TPSA) is 131 Å². The van der Waals surface area contributed by atoms with E-state index in [9.17, 15) is 22.8 Å². The first-order valence-electron chi connectivity index (χ1n) is 8.56. The zero-order valence-electron chi connectivity index (χ0n) is 15.8. The van der Waals surface area contributed by atoms with Crippen LogP contribution in [0.5, 0.6) is 0 Å². The van der Waals surface area contributed by atoms with Crippen LogP contribution >= 0.6 is 0 Å². The van der Waals surface area contributed by atoms with E-state index in [1.165, 1.54) is 31.3 Å². The smallest absolute Gasteiger partial charge is 0.322 e. The second kappa shape index (κ2) is 9.80. The fourth-order valence-corrected chi connectivity index (χ4v) is 3.24. The van der Waals surface area contributed by atoms with Crippen LogP contribution in [0.25, 0.3) is 0 Å². The van der Waals surface area contributed by atoms with Gasteiger partial charge in [-0.3, -0.25) is 14.9 Å². The van der Waals surface area contributed by atoms with Gasteiger partial charge in [-0.15, -0.1) is 0 Å². The molecule has 2 aromatic carbocycles. The molecule has 3 N–H and O–H groups in total. The maximum absolute atomic E-state index is 12.3. The molecule has 0 heterocycles. The summed E-state index contributed by atoms with van der Waals surface area (Å²) >= 11 is 0. The number of imide groups is 1. The normalized spacial score (nSPS) is 11.9. The first kappa shape index (κ1) is 22.1. The van der Waals surface area contributed by atoms with Gasteiger partial charge in [-0.2, -0.15) is 4.72 Å². The maximum atomic E-state index is 12.3. The van der Waals surface area contributed by atoms with Crippen LogP contribution in [0.1, 0.15) is 17.2 Å². The van der Waals surface area contributed by atoms with Gasteiger partial charge in [-0.1, -0.05) is 48.0 Å². The predicted molar refractivity (Wildman–Crippen MR) is 104 cm³/mol. The van der Waals surface area contributed by atoms with Gasteiger partial charge in [0.15, 0.2) is 0 Å². The summed E-state index contributed by atoms with van der Waals surface area (Å²) in [7, 11) is -2.61. The standard InChI is InChI=1S/C19H21N3O6S/c1-13-8-10-15(11-9-13)29(26,27)21-12-16(23)28-17(14-6-4-3-5-7-14)18(24)22-19(25)20-2/h3-11,17,21H,12H2,1-2H3,(H2,20,22,24,25). The SMILES string of the molecule is CNC(=O)NC(=O)C(OC(=O)CNS(=O)(=O)c1ccc(C)cc1)c1ccccc1. The Bertz CT molecular complexity index is 975. The summed E-state index contributed by atoms with van der Waals surface area (Å²) in [5.74, 6) is -1.85. The van der Waals surface area contributed by atoms with Gasteiger partial charge in [0, 0.05) is 12.6 Å². The molecule has 2 rings (SSSR count). The number of carbonyl (C=O) groups excluding carboxylic acids is 3. The average molecular weight is 419 g/mol. The van der Waals surface area contributed by atoms with Crippen LogP contribution in [0.15, 0.2) is 59.5 Å². The van der Waals surface area contributed by atoms with E-state index in [1.54, 1.807) is 30.3 Å². The molecule has 3 amide bonds. The van der Waals surface area contributed by atoms with Crippen molar-refractivity contribution < 1.29 is 27.5 Å². The fraction of sp³-hybridized carbons (Fsp3) is 0.211. The number of hydrogen-bond acceptors (Lipinski definition) is 6. The van der Waals surface area contributed by atoms with Crippen LogP contribution in [0.3, 0.4) is 0 Å². The van der Waals surface area contributed by atoms with E-state index in [1.807, 2.05) is 12.2 Å². The summed E-state index contributed by atoms with van der Waals surface area (Å²) in [6.07, 6.45) is -1.43. The number of nitrogens with one attached hydrogen (secondary N) is 3. The molecule has 0 aromatic heterocycles. The van der Waals surface area contributed by atoms with Crippen molar-refractivity contribution in [2.24, 2.45) is 0 Å². The number of ether oxygens (including phenoxy) is 1. The molecule has 1 unspecified atom stereocenters. The van der Waals surface area contributed by atoms with Crippen LogP contribution < -0.4 is 15.4 Å². The molecular weight excluding hydrogens is 398 g/mol. The Hall–Kier alpha value is -3.24. The van der Waals surface area contributed by atoms with Crippen molar-refractivity contribution in [3.63, 3.8) is 0 Å². The highest BCUT2D eigenvalue weighted by Gasteiger charge is 2.27. The molecule has 0 aliphatic heterocycles. The third kappa shape index (κ3) is 6.40. The van der Waals surface area contributed by atoms with Gasteiger partial charge in [-0.05, 0) is 19.1 Å². The molecule has 0 saturated heterocycles. The van der Waals surface area contributed by atoms with Crippen LogP contribution in [0.4, 0.5) is 4.79 Å². The second-order valence-electron chi connectivity index (χ2n) is 5.99. The zero-order valence-corrected chi connectivity index (χ0v) is 16.7. The van der Waals surface area contributed by atoms with Crippen molar-refractivity contribution in [3.8, 4) is 0 Å². The molecule has 29 heavy (non-hydrogen) atoms. The molecule has 0 bridgehead atoms. The van der Waals surface area contributed by atoms with Crippen molar-refractivity contribution in [1.82, 2.24) is 15.4 Å². The number of urea groups is 1. The Labute approximate surface area is 168 Å². The molecule has 0 aliphatic rings. The monoisotopic (exact) mass is 419 g/mol. The summed E-state index contributed by atoms with van der Waals surface area (Å²) in [5, 5.41) is 4.25. The molecule has 10 heteroatoms. The van der Waals surface area contributed by atoms with E-state index in [0.717, 1.165) is 5.56 Å². The molecule has 0 saturated carbocycles. The van der Waals surface area contributed by atoms with Crippen LogP contribution in [0, 0.1) is 6.92 Å². The number of hydrogen-bond donors (Lipinski definition) is 3. The summed E-state index contributed by atoms with van der Waals surface area (Å²) < 4.78 is 31.8. The van der Waals surface area contributed by atoms with E-state index in [4.69, 9.17) is 4.74 Å². The lowest BCUT2D eigenvalue weighted by atomic mass is 10.1. The van der Waals surface area contributed by atoms with Gasteiger partial charge >= 0.3 is 12.0 Å². The Balaban J connectivity index is 2.08. The highest BCUT2D eigenvalue weighted by molar-refractivity contribution is 7.89. The molecule has 154 valence electrons. The molecule has 9 nitrogen and oxygen atoms in total. The van der Waals surface area contributed by atoms with Gasteiger partial charge in [0.2, 0.25) is 16.1 Å². The Morgan fingerprint density at radius 2 is 1.62 bits per heavy atom. The number of sulfonamides is 1. The minimum Gasteiger partial charge on any atom is -0.446 e. The lowest BCUT2D eigenvalue weighted by Gasteiger charge is -2.17. The third-order valence-corrected chi connectivity index (χ3v) is 5.21. The summed E-state index contributed by atoms with van der Waals surface area (Å²) in [5.41, 5.74) is 1.21. The largest absolute Gasteiger partial charge is 0.446 e. The molecule has 0 fully saturated rings. The highest BCUT2D eigenvalue weighted by atomic mass is 32.2. The molecule has 2 aromatic rings. The Kier molecular flexibility index (Phi) is 7.46. The van der Waals surface area contributed by atoms with Gasteiger partial charge in [0.1, 0.15) is 6.54 Å². The number of benzene rings is 2. The van der Waals surface area contributed by atoms with E-state index in [2.05, 4.69) is 10.0 Å². The predicted octanol–water partition coefficient (Wildman–Crippen LogP) is 1.01. The molecule has 0 spiro atoms. The number of esters is 1. The summed E-state index contributed by atoms with van der Waals surface area (Å²) in [4.78, 5) is 35.9. The minimum absolute atomic E-state index is 0.00660. The fourth-order valence-electron chi connectivity index (χ4n) is 2.27. The lowest BCUT2D eigenvalue weighted by Crippen LogP contribution is -2.42. The highest BCUT2D eigenvalue weighted by Crippen LogP contribution is 2.18. The van der Waals surface area contributed by atoms with Crippen molar-refractivity contribution in [2.45, 2.75) is 17.9 Å². The van der Waals surface area contributed by atoms with Crippen LogP contribution in [-0.4, -0.2) is 39.9 Å². The van der Waals surface area contributed by atoms with Gasteiger partial charge < -0.3 is 10.1 Å². The summed E-state index contributed by atoms with van der Waals surface area (Å²) in [6, 6.07) is 13.3. The summed E-state index contributed by atoms with van der Waals surface area (Å²) in [6.45, 7) is 1.13. The van der Waals surface area contributed by atoms with Gasteiger partial charge in [0.25, 0.3) is 5.91 Å². The zero-order chi connectivity index (χ0) is 21.4.